The number of ether oxygens (including phenoxy) is 1. The molecule has 2 aliphatic rings. The summed E-state index contributed by atoms with van der Waals surface area (Å²) < 4.78 is 5.68. The first-order valence-electron chi connectivity index (χ1n) is 11.1. The lowest BCUT2D eigenvalue weighted by Gasteiger charge is -2.36. The summed E-state index contributed by atoms with van der Waals surface area (Å²) in [6.45, 7) is 7.13. The highest BCUT2D eigenvalue weighted by Gasteiger charge is 2.31. The van der Waals surface area contributed by atoms with E-state index in [2.05, 4.69) is 34.7 Å². The van der Waals surface area contributed by atoms with E-state index in [-0.39, 0.29) is 24.3 Å². The van der Waals surface area contributed by atoms with E-state index in [9.17, 15) is 9.59 Å². The van der Waals surface area contributed by atoms with Gasteiger partial charge in [0, 0.05) is 24.4 Å². The fourth-order valence-electron chi connectivity index (χ4n) is 4.33. The van der Waals surface area contributed by atoms with Crippen molar-refractivity contribution in [1.29, 1.82) is 0 Å². The van der Waals surface area contributed by atoms with Gasteiger partial charge < -0.3 is 15.0 Å². The van der Waals surface area contributed by atoms with Gasteiger partial charge in [0.25, 0.3) is 5.91 Å². The van der Waals surface area contributed by atoms with E-state index in [4.69, 9.17) is 4.74 Å². The summed E-state index contributed by atoms with van der Waals surface area (Å²) in [7, 11) is 0. The number of piperidine rings is 1. The number of rotatable bonds is 7. The number of carbonyl (C=O) groups excluding carboxylic acids is 2. The fraction of sp³-hybridized carbons (Fsp3) is 0.500. The van der Waals surface area contributed by atoms with Gasteiger partial charge in [-0.2, -0.15) is 0 Å². The quantitative estimate of drug-likeness (QED) is 0.709. The van der Waals surface area contributed by atoms with Crippen LogP contribution < -0.4 is 15.0 Å². The molecule has 3 heterocycles. The number of carbonyl (C=O) groups is 2. The molecule has 0 saturated carbocycles. The van der Waals surface area contributed by atoms with E-state index >= 15 is 0 Å². The zero-order valence-corrected chi connectivity index (χ0v) is 19.1. The summed E-state index contributed by atoms with van der Waals surface area (Å²) in [4.78, 5) is 30.8. The molecule has 1 aromatic heterocycles. The van der Waals surface area contributed by atoms with Gasteiger partial charge in [-0.3, -0.25) is 14.5 Å². The third kappa shape index (κ3) is 5.10. The molecular weight excluding hydrogens is 410 g/mol. The molecular formula is C24H31N3O3S. The molecule has 0 spiro atoms. The number of likely N-dealkylation sites (tertiary alicyclic amines) is 1. The van der Waals surface area contributed by atoms with E-state index in [1.807, 2.05) is 24.3 Å². The molecule has 1 N–H and O–H groups in total. The number of nitrogens with zero attached hydrogens (tertiary/aromatic N) is 2. The van der Waals surface area contributed by atoms with Crippen molar-refractivity contribution < 1.29 is 14.3 Å². The Kier molecular flexibility index (Phi) is 6.92. The molecule has 0 radical (unpaired) electrons. The Balaban J connectivity index is 1.35. The molecule has 2 aromatic rings. The van der Waals surface area contributed by atoms with E-state index in [1.54, 1.807) is 23.2 Å². The highest BCUT2D eigenvalue weighted by atomic mass is 32.1. The highest BCUT2D eigenvalue weighted by Crippen LogP contribution is 2.33. The average molecular weight is 442 g/mol. The van der Waals surface area contributed by atoms with Gasteiger partial charge in [-0.1, -0.05) is 25.1 Å². The lowest BCUT2D eigenvalue weighted by Crippen LogP contribution is -2.46. The molecule has 6 nitrogen and oxygen atoms in total. The molecule has 2 unspecified atom stereocenters. The third-order valence-electron chi connectivity index (χ3n) is 6.26. The average Bonchev–Trinajstić information content (AvgIpc) is 3.30. The molecule has 0 aliphatic carbocycles. The van der Waals surface area contributed by atoms with Crippen molar-refractivity contribution in [2.75, 3.05) is 31.1 Å². The second-order valence-electron chi connectivity index (χ2n) is 8.52. The van der Waals surface area contributed by atoms with Crippen LogP contribution in [0, 0.1) is 5.92 Å². The molecule has 0 bridgehead atoms. The maximum absolute atomic E-state index is 12.7. The summed E-state index contributed by atoms with van der Waals surface area (Å²) in [6, 6.07) is 11.9. The monoisotopic (exact) mass is 441 g/mol. The van der Waals surface area contributed by atoms with Crippen molar-refractivity contribution in [2.45, 2.75) is 45.3 Å². The minimum Gasteiger partial charge on any atom is -0.479 e. The molecule has 2 atom stereocenters. The van der Waals surface area contributed by atoms with Gasteiger partial charge in [-0.15, -0.1) is 11.3 Å². The van der Waals surface area contributed by atoms with Crippen LogP contribution in [0.4, 0.5) is 5.69 Å². The minimum absolute atomic E-state index is 0.0311. The van der Waals surface area contributed by atoms with E-state index in [0.717, 1.165) is 24.7 Å². The van der Waals surface area contributed by atoms with Crippen LogP contribution in [0.2, 0.25) is 0 Å². The lowest BCUT2D eigenvalue weighted by molar-refractivity contribution is -0.125. The maximum atomic E-state index is 12.7. The first kappa shape index (κ1) is 21.8. The van der Waals surface area contributed by atoms with E-state index in [1.165, 1.54) is 17.7 Å². The second kappa shape index (κ2) is 9.83. The fourth-order valence-corrected chi connectivity index (χ4v) is 5.19. The van der Waals surface area contributed by atoms with E-state index in [0.29, 0.717) is 18.8 Å². The number of anilines is 1. The zero-order valence-electron chi connectivity index (χ0n) is 18.3. The van der Waals surface area contributed by atoms with Crippen molar-refractivity contribution in [3.05, 3.63) is 46.7 Å². The molecule has 7 heteroatoms. The Hall–Kier alpha value is -2.38. The first-order chi connectivity index (χ1) is 15.0. The van der Waals surface area contributed by atoms with Crippen molar-refractivity contribution in [1.82, 2.24) is 10.2 Å². The Bertz CT molecular complexity index is 893. The number of para-hydroxylation sites is 2. The maximum Gasteiger partial charge on any atom is 0.267 e. The molecule has 1 aromatic carbocycles. The number of benzene rings is 1. The van der Waals surface area contributed by atoms with Crippen LogP contribution in [-0.2, 0) is 9.59 Å². The van der Waals surface area contributed by atoms with Gasteiger partial charge in [0.05, 0.1) is 11.7 Å². The lowest BCUT2D eigenvalue weighted by atomic mass is 9.97. The smallest absolute Gasteiger partial charge is 0.267 e. The molecule has 2 aliphatic heterocycles. The van der Waals surface area contributed by atoms with Crippen molar-refractivity contribution in [2.24, 2.45) is 5.92 Å². The van der Waals surface area contributed by atoms with Gasteiger partial charge in [0.1, 0.15) is 5.75 Å². The largest absolute Gasteiger partial charge is 0.479 e. The second-order valence-corrected chi connectivity index (χ2v) is 9.50. The normalized spacial score (nSPS) is 20.8. The van der Waals surface area contributed by atoms with Gasteiger partial charge in [0.2, 0.25) is 5.91 Å². The number of hydrogen-bond donors (Lipinski definition) is 1. The third-order valence-corrected chi connectivity index (χ3v) is 7.23. The van der Waals surface area contributed by atoms with Gasteiger partial charge in [-0.25, -0.2) is 0 Å². The predicted octanol–water partition coefficient (Wildman–Crippen LogP) is 3.84. The van der Waals surface area contributed by atoms with E-state index < -0.39 is 6.10 Å². The van der Waals surface area contributed by atoms with Crippen molar-refractivity contribution in [3.63, 3.8) is 0 Å². The number of fused-ring (bicyclic) bond motifs is 1. The number of nitrogens with one attached hydrogen (secondary N) is 1. The van der Waals surface area contributed by atoms with Crippen LogP contribution in [0.3, 0.4) is 0 Å². The van der Waals surface area contributed by atoms with Crippen LogP contribution >= 0.6 is 11.3 Å². The van der Waals surface area contributed by atoms with Crippen LogP contribution in [0.1, 0.15) is 44.0 Å². The van der Waals surface area contributed by atoms with Gasteiger partial charge in [-0.05, 0) is 62.4 Å². The van der Waals surface area contributed by atoms with Crippen LogP contribution in [0.5, 0.6) is 5.75 Å². The Morgan fingerprint density at radius 3 is 2.71 bits per heavy atom. The molecule has 2 amide bonds. The number of amides is 2. The van der Waals surface area contributed by atoms with Crippen LogP contribution in [0.25, 0.3) is 0 Å². The summed E-state index contributed by atoms with van der Waals surface area (Å²) >= 11 is 1.75. The topological polar surface area (TPSA) is 61.9 Å². The standard InChI is InChI=1S/C24H31N3O3S/c1-17-9-12-26(13-10-17)20(22-8-5-15-31-22)16-25-23(28)11-14-27-19-6-3-4-7-21(19)30-18(2)24(27)29/h3-8,15,17-18,20H,9-14,16H2,1-2H3,(H,25,28). The molecule has 166 valence electrons. The molecule has 4 rings (SSSR count). The Morgan fingerprint density at radius 1 is 1.19 bits per heavy atom. The minimum atomic E-state index is -0.539. The molecule has 31 heavy (non-hydrogen) atoms. The van der Waals surface area contributed by atoms with Crippen molar-refractivity contribution in [3.8, 4) is 5.75 Å². The predicted molar refractivity (Wildman–Crippen MR) is 124 cm³/mol. The highest BCUT2D eigenvalue weighted by molar-refractivity contribution is 7.10. The summed E-state index contributed by atoms with van der Waals surface area (Å²) in [5, 5.41) is 5.22. The SMILES string of the molecule is CC1CCN(C(CNC(=O)CCN2C(=O)C(C)Oc3ccccc32)c2cccs2)CC1. The Morgan fingerprint density at radius 2 is 1.97 bits per heavy atom. The van der Waals surface area contributed by atoms with Gasteiger partial charge >= 0.3 is 0 Å². The molecule has 1 saturated heterocycles. The van der Waals surface area contributed by atoms with Crippen LogP contribution in [-0.4, -0.2) is 49.0 Å². The number of thiophene rings is 1. The first-order valence-corrected chi connectivity index (χ1v) is 12.0. The van der Waals surface area contributed by atoms with Crippen LogP contribution in [0.15, 0.2) is 41.8 Å². The van der Waals surface area contributed by atoms with Gasteiger partial charge in [0.15, 0.2) is 6.10 Å². The molecule has 1 fully saturated rings. The Labute approximate surface area is 188 Å². The van der Waals surface area contributed by atoms with Crippen molar-refractivity contribution >= 4 is 28.8 Å². The summed E-state index contributed by atoms with van der Waals surface area (Å²) in [5.41, 5.74) is 0.734. The zero-order chi connectivity index (χ0) is 21.8. The summed E-state index contributed by atoms with van der Waals surface area (Å²) in [6.07, 6.45) is 2.13. The summed E-state index contributed by atoms with van der Waals surface area (Å²) in [5.74, 6) is 1.32. The number of hydrogen-bond acceptors (Lipinski definition) is 5.